The molecule has 0 radical (unpaired) electrons. The Labute approximate surface area is 115 Å². The Morgan fingerprint density at radius 2 is 2.10 bits per heavy atom. The maximum Gasteiger partial charge on any atom is 0.281 e. The van der Waals surface area contributed by atoms with Crippen LogP contribution in [-0.4, -0.2) is 29.5 Å². The van der Waals surface area contributed by atoms with Crippen LogP contribution in [-0.2, 0) is 11.3 Å². The normalized spacial score (nSPS) is 18.1. The lowest BCUT2D eigenvalue weighted by atomic mass is 10.1. The van der Waals surface area contributed by atoms with Crippen molar-refractivity contribution in [3.8, 4) is 0 Å². The summed E-state index contributed by atoms with van der Waals surface area (Å²) in [5.74, 6) is 0.423. The van der Waals surface area contributed by atoms with Crippen molar-refractivity contribution in [1.82, 2.24) is 5.32 Å². The van der Waals surface area contributed by atoms with Crippen LogP contribution in [0.5, 0.6) is 0 Å². The Kier molecular flexibility index (Phi) is 4.59. The average molecular weight is 281 g/mol. The molecule has 1 aliphatic heterocycles. The van der Waals surface area contributed by atoms with Crippen LogP contribution >= 0.6 is 0 Å². The smallest absolute Gasteiger partial charge is 0.281 e. The van der Waals surface area contributed by atoms with Crippen molar-refractivity contribution >= 4 is 11.4 Å². The van der Waals surface area contributed by atoms with Gasteiger partial charge in [-0.15, -0.1) is 0 Å². The number of non-ortho nitro benzene ring substituents is 1. The van der Waals surface area contributed by atoms with Gasteiger partial charge in [-0.2, -0.15) is 0 Å². The summed E-state index contributed by atoms with van der Waals surface area (Å²) < 4.78 is 5.48. The third-order valence-corrected chi connectivity index (χ3v) is 3.25. The Morgan fingerprint density at radius 3 is 2.70 bits per heavy atom. The molecule has 1 aliphatic rings. The maximum absolute atomic E-state index is 10.9. The van der Waals surface area contributed by atoms with E-state index in [9.17, 15) is 20.2 Å². The Morgan fingerprint density at radius 1 is 1.30 bits per heavy atom. The molecule has 1 N–H and O–H groups in total. The second-order valence-electron chi connectivity index (χ2n) is 4.70. The van der Waals surface area contributed by atoms with E-state index in [4.69, 9.17) is 4.74 Å². The van der Waals surface area contributed by atoms with E-state index >= 15 is 0 Å². The van der Waals surface area contributed by atoms with E-state index in [1.165, 1.54) is 12.1 Å². The van der Waals surface area contributed by atoms with E-state index in [0.717, 1.165) is 25.6 Å². The van der Waals surface area contributed by atoms with Gasteiger partial charge in [0.1, 0.15) is 0 Å². The monoisotopic (exact) mass is 281 g/mol. The van der Waals surface area contributed by atoms with E-state index in [2.05, 4.69) is 5.32 Å². The highest BCUT2D eigenvalue weighted by atomic mass is 16.6. The molecule has 20 heavy (non-hydrogen) atoms. The quantitative estimate of drug-likeness (QED) is 0.627. The zero-order valence-electron chi connectivity index (χ0n) is 10.8. The molecule has 0 spiro atoms. The van der Waals surface area contributed by atoms with Crippen LogP contribution in [0.25, 0.3) is 0 Å². The maximum atomic E-state index is 10.9. The summed E-state index contributed by atoms with van der Waals surface area (Å²) in [5.41, 5.74) is -0.212. The Bertz CT molecular complexity index is 514. The zero-order chi connectivity index (χ0) is 14.5. The van der Waals surface area contributed by atoms with Gasteiger partial charge in [-0.25, -0.2) is 0 Å². The van der Waals surface area contributed by atoms with Gasteiger partial charge in [0, 0.05) is 12.6 Å². The average Bonchev–Trinajstić information content (AvgIpc) is 2.91. The number of nitrogens with zero attached hydrogens (tertiary/aromatic N) is 2. The van der Waals surface area contributed by atoms with Gasteiger partial charge < -0.3 is 10.1 Å². The molecule has 1 heterocycles. The van der Waals surface area contributed by atoms with Crippen molar-refractivity contribution < 1.29 is 14.6 Å². The fraction of sp³-hybridized carbons (Fsp3) is 0.500. The van der Waals surface area contributed by atoms with Crippen LogP contribution in [0.3, 0.4) is 0 Å². The van der Waals surface area contributed by atoms with Gasteiger partial charge in [-0.3, -0.25) is 20.2 Å². The molecule has 0 aliphatic carbocycles. The molecule has 108 valence electrons. The van der Waals surface area contributed by atoms with Crippen molar-refractivity contribution in [2.75, 3.05) is 19.7 Å². The number of nitro benzene ring substituents is 2. The molecule has 1 atom stereocenters. The van der Waals surface area contributed by atoms with Crippen molar-refractivity contribution in [3.05, 3.63) is 44.0 Å². The number of hydrogen-bond donors (Lipinski definition) is 1. The van der Waals surface area contributed by atoms with E-state index in [-0.39, 0.29) is 18.0 Å². The van der Waals surface area contributed by atoms with Crippen molar-refractivity contribution in [2.45, 2.75) is 13.0 Å². The fourth-order valence-electron chi connectivity index (χ4n) is 2.15. The van der Waals surface area contributed by atoms with E-state index in [1.54, 1.807) is 0 Å². The lowest BCUT2D eigenvalue weighted by Gasteiger charge is -2.09. The molecule has 0 saturated carbocycles. The highest BCUT2D eigenvalue weighted by molar-refractivity contribution is 5.48. The van der Waals surface area contributed by atoms with E-state index in [1.807, 2.05) is 0 Å². The second kappa shape index (κ2) is 6.40. The number of rotatable bonds is 6. The number of nitrogens with one attached hydrogen (secondary N) is 1. The summed E-state index contributed by atoms with van der Waals surface area (Å²) in [6, 6.07) is 3.60. The first-order valence-corrected chi connectivity index (χ1v) is 6.28. The van der Waals surface area contributed by atoms with Crippen LogP contribution in [0.4, 0.5) is 11.4 Å². The number of nitro groups is 2. The summed E-state index contributed by atoms with van der Waals surface area (Å²) in [6.07, 6.45) is 1.03. The molecule has 8 nitrogen and oxygen atoms in total. The first-order chi connectivity index (χ1) is 9.58. The predicted molar refractivity (Wildman–Crippen MR) is 70.4 cm³/mol. The highest BCUT2D eigenvalue weighted by Gasteiger charge is 2.20. The Hall–Kier alpha value is -2.06. The third kappa shape index (κ3) is 3.49. The molecule has 1 saturated heterocycles. The van der Waals surface area contributed by atoms with Crippen LogP contribution in [0, 0.1) is 26.1 Å². The number of benzene rings is 1. The van der Waals surface area contributed by atoms with Crippen LogP contribution < -0.4 is 5.32 Å². The molecular weight excluding hydrogens is 266 g/mol. The molecule has 2 rings (SSSR count). The predicted octanol–water partition coefficient (Wildman–Crippen LogP) is 1.63. The molecule has 0 aromatic heterocycles. The van der Waals surface area contributed by atoms with Gasteiger partial charge in [-0.1, -0.05) is 0 Å². The van der Waals surface area contributed by atoms with Crippen molar-refractivity contribution in [3.63, 3.8) is 0 Å². The minimum absolute atomic E-state index is 0.0881. The molecule has 1 aromatic carbocycles. The summed E-state index contributed by atoms with van der Waals surface area (Å²) in [7, 11) is 0. The molecule has 1 aromatic rings. The van der Waals surface area contributed by atoms with Gasteiger partial charge in [0.15, 0.2) is 0 Å². The van der Waals surface area contributed by atoms with E-state index < -0.39 is 9.85 Å². The summed E-state index contributed by atoms with van der Waals surface area (Å²) >= 11 is 0. The SMILES string of the molecule is O=[N+]([O-])c1ccc(COCC2CCNC2)c([N+](=O)[O-])c1. The fourth-order valence-corrected chi connectivity index (χ4v) is 2.15. The highest BCUT2D eigenvalue weighted by Crippen LogP contribution is 2.25. The molecule has 0 bridgehead atoms. The van der Waals surface area contributed by atoms with Gasteiger partial charge in [0.25, 0.3) is 11.4 Å². The number of hydrogen-bond acceptors (Lipinski definition) is 6. The minimum Gasteiger partial charge on any atom is -0.376 e. The summed E-state index contributed by atoms with van der Waals surface area (Å²) in [5, 5.41) is 24.8. The topological polar surface area (TPSA) is 108 Å². The van der Waals surface area contributed by atoms with Crippen molar-refractivity contribution in [2.24, 2.45) is 5.92 Å². The molecule has 8 heteroatoms. The first kappa shape index (κ1) is 14.4. The molecule has 0 amide bonds. The van der Waals surface area contributed by atoms with Gasteiger partial charge >= 0.3 is 0 Å². The third-order valence-electron chi connectivity index (χ3n) is 3.25. The van der Waals surface area contributed by atoms with Crippen LogP contribution in [0.2, 0.25) is 0 Å². The van der Waals surface area contributed by atoms with E-state index in [0.29, 0.717) is 18.1 Å². The molecule has 1 unspecified atom stereocenters. The van der Waals surface area contributed by atoms with Gasteiger partial charge in [0.2, 0.25) is 0 Å². The first-order valence-electron chi connectivity index (χ1n) is 6.28. The van der Waals surface area contributed by atoms with Crippen LogP contribution in [0.15, 0.2) is 18.2 Å². The summed E-state index contributed by atoms with van der Waals surface area (Å²) in [6.45, 7) is 2.47. The zero-order valence-corrected chi connectivity index (χ0v) is 10.8. The number of ether oxygens (including phenoxy) is 1. The lowest BCUT2D eigenvalue weighted by molar-refractivity contribution is -0.394. The second-order valence-corrected chi connectivity index (χ2v) is 4.70. The molecular formula is C12H15N3O5. The van der Waals surface area contributed by atoms with Gasteiger partial charge in [-0.05, 0) is 24.9 Å². The van der Waals surface area contributed by atoms with Crippen molar-refractivity contribution in [1.29, 1.82) is 0 Å². The largest absolute Gasteiger partial charge is 0.376 e. The van der Waals surface area contributed by atoms with Gasteiger partial charge in [0.05, 0.1) is 34.7 Å². The minimum atomic E-state index is -0.651. The van der Waals surface area contributed by atoms with Crippen LogP contribution in [0.1, 0.15) is 12.0 Å². The lowest BCUT2D eigenvalue weighted by Crippen LogP contribution is -2.14. The standard InChI is InChI=1S/C12H15N3O5/c16-14(17)11-2-1-10(12(5-11)15(18)19)8-20-7-9-3-4-13-6-9/h1-2,5,9,13H,3-4,6-8H2. The molecule has 1 fully saturated rings. The summed E-state index contributed by atoms with van der Waals surface area (Å²) in [4.78, 5) is 20.3. The Balaban J connectivity index is 2.02.